The van der Waals surface area contributed by atoms with Crippen LogP contribution in [-0.4, -0.2) is 36.6 Å². The first-order chi connectivity index (χ1) is 17.8. The molecule has 1 N–H and O–H groups in total. The predicted molar refractivity (Wildman–Crippen MR) is 138 cm³/mol. The first-order valence-electron chi connectivity index (χ1n) is 12.4. The monoisotopic (exact) mass is 529 g/mol. The molecule has 1 unspecified atom stereocenters. The van der Waals surface area contributed by atoms with E-state index in [1.54, 1.807) is 12.3 Å². The van der Waals surface area contributed by atoms with Crippen LogP contribution >= 0.6 is 11.6 Å². The summed E-state index contributed by atoms with van der Waals surface area (Å²) < 4.78 is 46.6. The normalized spacial score (nSPS) is 17.4. The number of aromatic nitrogens is 1. The molecule has 0 bridgehead atoms. The summed E-state index contributed by atoms with van der Waals surface area (Å²) in [6.07, 6.45) is 0.578. The van der Waals surface area contributed by atoms with Crippen LogP contribution in [0.1, 0.15) is 47.2 Å². The zero-order chi connectivity index (χ0) is 26.0. The van der Waals surface area contributed by atoms with Gasteiger partial charge in [0.05, 0.1) is 17.4 Å². The maximum absolute atomic E-state index is 13.6. The molecule has 9 heteroatoms. The fourth-order valence-corrected chi connectivity index (χ4v) is 5.13. The Morgan fingerprint density at radius 1 is 1.16 bits per heavy atom. The first kappa shape index (κ1) is 25.5. The van der Waals surface area contributed by atoms with Crippen LogP contribution < -0.4 is 10.2 Å². The number of hydrogen-bond acceptors (Lipinski definition) is 5. The molecule has 1 atom stereocenters. The van der Waals surface area contributed by atoms with Crippen LogP contribution in [0.2, 0.25) is 5.02 Å². The molecule has 3 aromatic rings. The maximum Gasteiger partial charge on any atom is 0.416 e. The van der Waals surface area contributed by atoms with Crippen molar-refractivity contribution in [3.05, 3.63) is 76.4 Å². The van der Waals surface area contributed by atoms with E-state index in [1.165, 1.54) is 12.1 Å². The van der Waals surface area contributed by atoms with Crippen molar-refractivity contribution in [3.63, 3.8) is 0 Å². The topological polar surface area (TPSA) is 54.5 Å². The number of halogens is 4. The van der Waals surface area contributed by atoms with Crippen molar-refractivity contribution in [3.8, 4) is 11.1 Å². The van der Waals surface area contributed by atoms with Crippen LogP contribution in [0.4, 0.5) is 24.7 Å². The summed E-state index contributed by atoms with van der Waals surface area (Å²) in [7, 11) is 0. The average molecular weight is 530 g/mol. The summed E-state index contributed by atoms with van der Waals surface area (Å²) >= 11 is 6.04. The van der Waals surface area contributed by atoms with E-state index in [0.717, 1.165) is 36.6 Å². The van der Waals surface area contributed by atoms with Crippen LogP contribution in [0.25, 0.3) is 11.1 Å². The Balaban J connectivity index is 1.39. The van der Waals surface area contributed by atoms with Gasteiger partial charge in [0, 0.05) is 55.0 Å². The van der Waals surface area contributed by atoms with E-state index < -0.39 is 11.7 Å². The Labute approximate surface area is 218 Å². The SMILES string of the molecule is O=C(CCC1CCCO1)c1cccc(-c2cnc3c(c2)N(Cc2cc(Cl)ccc2C(F)(F)F)CCN3)c1. The number of nitrogens with one attached hydrogen (secondary N) is 1. The smallest absolute Gasteiger partial charge is 0.378 e. The fourth-order valence-electron chi connectivity index (χ4n) is 4.94. The van der Waals surface area contributed by atoms with Gasteiger partial charge in [-0.3, -0.25) is 4.79 Å². The van der Waals surface area contributed by atoms with Gasteiger partial charge in [0.2, 0.25) is 0 Å². The summed E-state index contributed by atoms with van der Waals surface area (Å²) in [5.74, 6) is 0.668. The third kappa shape index (κ3) is 5.91. The Kier molecular flexibility index (Phi) is 7.40. The fraction of sp³-hybridized carbons (Fsp3) is 0.357. The van der Waals surface area contributed by atoms with E-state index in [9.17, 15) is 18.0 Å². The lowest BCUT2D eigenvalue weighted by molar-refractivity contribution is -0.138. The van der Waals surface area contributed by atoms with Crippen LogP contribution in [0.3, 0.4) is 0 Å². The third-order valence-corrected chi connectivity index (χ3v) is 7.09. The van der Waals surface area contributed by atoms with Gasteiger partial charge in [-0.05, 0) is 60.7 Å². The largest absolute Gasteiger partial charge is 0.416 e. The molecule has 194 valence electrons. The summed E-state index contributed by atoms with van der Waals surface area (Å²) in [5, 5.41) is 3.48. The number of pyridine rings is 1. The molecule has 1 aromatic heterocycles. The minimum absolute atomic E-state index is 0.0387. The Bertz CT molecular complexity index is 1290. The number of rotatable bonds is 7. The highest BCUT2D eigenvalue weighted by molar-refractivity contribution is 6.30. The van der Waals surface area contributed by atoms with Crippen LogP contribution in [0.15, 0.2) is 54.7 Å². The lowest BCUT2D eigenvalue weighted by atomic mass is 9.98. The second kappa shape index (κ2) is 10.7. The second-order valence-corrected chi connectivity index (χ2v) is 9.85. The molecule has 3 heterocycles. The summed E-state index contributed by atoms with van der Waals surface area (Å²) in [5.41, 5.74) is 2.34. The van der Waals surface area contributed by atoms with Crippen LogP contribution in [0.5, 0.6) is 0 Å². The lowest BCUT2D eigenvalue weighted by Gasteiger charge is -2.32. The highest BCUT2D eigenvalue weighted by atomic mass is 35.5. The molecule has 0 aliphatic carbocycles. The number of carbonyl (C=O) groups is 1. The van der Waals surface area contributed by atoms with Crippen LogP contribution in [0, 0.1) is 0 Å². The minimum Gasteiger partial charge on any atom is -0.378 e. The number of ether oxygens (including phenoxy) is 1. The van der Waals surface area contributed by atoms with Gasteiger partial charge in [0.1, 0.15) is 5.82 Å². The molecule has 1 fully saturated rings. The number of hydrogen-bond donors (Lipinski definition) is 1. The second-order valence-electron chi connectivity index (χ2n) is 9.42. The molecule has 37 heavy (non-hydrogen) atoms. The van der Waals surface area contributed by atoms with Gasteiger partial charge < -0.3 is 15.0 Å². The molecule has 0 saturated carbocycles. The Morgan fingerprint density at radius 2 is 2.03 bits per heavy atom. The quantitative estimate of drug-likeness (QED) is 0.334. The Morgan fingerprint density at radius 3 is 2.81 bits per heavy atom. The molecule has 0 amide bonds. The summed E-state index contributed by atoms with van der Waals surface area (Å²) in [4.78, 5) is 19.2. The minimum atomic E-state index is -4.48. The van der Waals surface area contributed by atoms with Gasteiger partial charge in [0.25, 0.3) is 0 Å². The van der Waals surface area contributed by atoms with Gasteiger partial charge in [-0.2, -0.15) is 13.2 Å². The molecule has 0 radical (unpaired) electrons. The number of alkyl halides is 3. The lowest BCUT2D eigenvalue weighted by Crippen LogP contribution is -2.34. The van der Waals surface area contributed by atoms with E-state index in [0.29, 0.717) is 43.0 Å². The number of anilines is 2. The van der Waals surface area contributed by atoms with Crippen LogP contribution in [-0.2, 0) is 17.5 Å². The number of Topliss-reactive ketones (excluding diaryl/α,β-unsaturated/α-hetero) is 1. The van der Waals surface area contributed by atoms with Gasteiger partial charge in [0.15, 0.2) is 5.78 Å². The molecule has 1 saturated heterocycles. The molecule has 0 spiro atoms. The van der Waals surface area contributed by atoms with E-state index in [4.69, 9.17) is 16.3 Å². The predicted octanol–water partition coefficient (Wildman–Crippen LogP) is 6.99. The van der Waals surface area contributed by atoms with Crippen molar-refractivity contribution in [2.24, 2.45) is 0 Å². The number of carbonyl (C=O) groups excluding carboxylic acids is 1. The molecule has 5 nitrogen and oxygen atoms in total. The molecule has 2 aromatic carbocycles. The van der Waals surface area contributed by atoms with Gasteiger partial charge in [-0.15, -0.1) is 0 Å². The van der Waals surface area contributed by atoms with Crippen molar-refractivity contribution in [2.45, 2.75) is 44.5 Å². The van der Waals surface area contributed by atoms with E-state index >= 15 is 0 Å². The van der Waals surface area contributed by atoms with Crippen molar-refractivity contribution in [2.75, 3.05) is 29.9 Å². The van der Waals surface area contributed by atoms with Gasteiger partial charge >= 0.3 is 6.18 Å². The van der Waals surface area contributed by atoms with E-state index in [2.05, 4.69) is 10.3 Å². The van der Waals surface area contributed by atoms with Crippen molar-refractivity contribution >= 4 is 28.9 Å². The first-order valence-corrected chi connectivity index (χ1v) is 12.8. The number of nitrogens with zero attached hydrogens (tertiary/aromatic N) is 2. The Hall–Kier alpha value is -3.10. The van der Waals surface area contributed by atoms with E-state index in [-0.39, 0.29) is 29.0 Å². The van der Waals surface area contributed by atoms with Crippen molar-refractivity contribution < 1.29 is 22.7 Å². The molecule has 2 aliphatic rings. The maximum atomic E-state index is 13.6. The number of ketones is 1. The highest BCUT2D eigenvalue weighted by Crippen LogP contribution is 2.37. The van der Waals surface area contributed by atoms with Crippen molar-refractivity contribution in [1.29, 1.82) is 0 Å². The molecule has 2 aliphatic heterocycles. The summed E-state index contributed by atoms with van der Waals surface area (Å²) in [6, 6.07) is 13.0. The zero-order valence-electron chi connectivity index (χ0n) is 20.2. The zero-order valence-corrected chi connectivity index (χ0v) is 20.9. The van der Waals surface area contributed by atoms with Crippen molar-refractivity contribution in [1.82, 2.24) is 4.98 Å². The summed E-state index contributed by atoms with van der Waals surface area (Å²) in [6.45, 7) is 1.86. The number of benzene rings is 2. The average Bonchev–Trinajstić information content (AvgIpc) is 3.40. The van der Waals surface area contributed by atoms with Gasteiger partial charge in [-0.1, -0.05) is 29.8 Å². The molecule has 5 rings (SSSR count). The molecular formula is C28H27ClF3N3O2. The van der Waals surface area contributed by atoms with E-state index in [1.807, 2.05) is 29.2 Å². The number of fused-ring (bicyclic) bond motifs is 1. The highest BCUT2D eigenvalue weighted by Gasteiger charge is 2.34. The van der Waals surface area contributed by atoms with Gasteiger partial charge in [-0.25, -0.2) is 4.98 Å². The third-order valence-electron chi connectivity index (χ3n) is 6.85. The molecular weight excluding hydrogens is 503 g/mol. The standard InChI is InChI=1S/C28H27ClF3N3O2/c29-22-6-8-24(28(30,31)32)21(14-22)17-35-11-10-33-27-25(35)15-20(16-34-27)18-3-1-4-19(13-18)26(36)9-7-23-5-2-12-37-23/h1,3-4,6,8,13-16,23H,2,5,7,9-12,17H2,(H,33,34).